The summed E-state index contributed by atoms with van der Waals surface area (Å²) in [5, 5.41) is 3.59. The Morgan fingerprint density at radius 1 is 1.22 bits per heavy atom. The molecular weight excluding hydrogens is 308 g/mol. The van der Waals surface area contributed by atoms with Crippen LogP contribution in [0.1, 0.15) is 31.4 Å². The number of carbonyl (C=O) groups is 1. The van der Waals surface area contributed by atoms with Gasteiger partial charge in [-0.2, -0.15) is 0 Å². The lowest BCUT2D eigenvalue weighted by Crippen LogP contribution is -2.31. The van der Waals surface area contributed by atoms with Gasteiger partial charge in [0.2, 0.25) is 5.91 Å². The minimum Gasteiger partial charge on any atom is -0.324 e. The van der Waals surface area contributed by atoms with Crippen molar-refractivity contribution in [1.29, 1.82) is 0 Å². The Hall–Kier alpha value is -2.13. The Balaban J connectivity index is 2.19. The van der Waals surface area contributed by atoms with Crippen molar-refractivity contribution in [1.82, 2.24) is 0 Å². The molecule has 3 rings (SSSR count). The van der Waals surface area contributed by atoms with E-state index in [0.717, 1.165) is 28.9 Å². The Labute approximate surface area is 141 Å². The van der Waals surface area contributed by atoms with E-state index in [2.05, 4.69) is 19.2 Å². The number of fused-ring (bicyclic) bond motifs is 1. The fraction of sp³-hybridized carbons (Fsp3) is 0.263. The third kappa shape index (κ3) is 3.15. The van der Waals surface area contributed by atoms with E-state index in [9.17, 15) is 4.79 Å². The number of amides is 1. The molecule has 23 heavy (non-hydrogen) atoms. The van der Waals surface area contributed by atoms with Crippen LogP contribution in [-0.4, -0.2) is 17.7 Å². The first-order chi connectivity index (χ1) is 11.1. The van der Waals surface area contributed by atoms with E-state index in [1.54, 1.807) is 6.07 Å². The predicted molar refractivity (Wildman–Crippen MR) is 95.4 cm³/mol. The zero-order valence-corrected chi connectivity index (χ0v) is 14.0. The zero-order valence-electron chi connectivity index (χ0n) is 13.2. The predicted octanol–water partition coefficient (Wildman–Crippen LogP) is 4.54. The molecule has 0 fully saturated rings. The molecule has 1 aliphatic rings. The van der Waals surface area contributed by atoms with Gasteiger partial charge >= 0.3 is 0 Å². The average molecular weight is 327 g/mol. The molecule has 1 heterocycles. The van der Waals surface area contributed by atoms with Gasteiger partial charge in [-0.05, 0) is 24.1 Å². The van der Waals surface area contributed by atoms with E-state index in [4.69, 9.17) is 16.6 Å². The minimum absolute atomic E-state index is 0.0752. The Kier molecular flexibility index (Phi) is 4.49. The maximum Gasteiger partial charge on any atom is 0.249 e. The summed E-state index contributed by atoms with van der Waals surface area (Å²) in [6.07, 6.45) is 0.890. The smallest absolute Gasteiger partial charge is 0.249 e. The zero-order chi connectivity index (χ0) is 16.4. The second kappa shape index (κ2) is 6.55. The van der Waals surface area contributed by atoms with E-state index in [-0.39, 0.29) is 11.8 Å². The van der Waals surface area contributed by atoms with E-state index in [0.29, 0.717) is 5.02 Å². The van der Waals surface area contributed by atoms with Crippen molar-refractivity contribution in [3.05, 3.63) is 64.7 Å². The van der Waals surface area contributed by atoms with Gasteiger partial charge in [-0.3, -0.25) is 9.79 Å². The molecule has 0 aliphatic carbocycles. The van der Waals surface area contributed by atoms with Crippen LogP contribution in [0.15, 0.2) is 53.5 Å². The number of aliphatic imine (C=N–C) groups is 1. The van der Waals surface area contributed by atoms with Gasteiger partial charge in [-0.1, -0.05) is 62.2 Å². The number of rotatable bonds is 3. The molecule has 2 aromatic carbocycles. The van der Waals surface area contributed by atoms with Crippen LogP contribution < -0.4 is 5.32 Å². The molecule has 1 aliphatic heterocycles. The van der Waals surface area contributed by atoms with Gasteiger partial charge < -0.3 is 5.32 Å². The summed E-state index contributed by atoms with van der Waals surface area (Å²) >= 11 is 6.11. The summed E-state index contributed by atoms with van der Waals surface area (Å²) in [4.78, 5) is 17.4. The molecule has 1 amide bonds. The summed E-state index contributed by atoms with van der Waals surface area (Å²) < 4.78 is 0. The van der Waals surface area contributed by atoms with Crippen molar-refractivity contribution in [2.24, 2.45) is 10.9 Å². The van der Waals surface area contributed by atoms with Crippen molar-refractivity contribution < 1.29 is 4.79 Å². The van der Waals surface area contributed by atoms with Gasteiger partial charge in [0.1, 0.15) is 6.04 Å². The highest BCUT2D eigenvalue weighted by molar-refractivity contribution is 6.31. The molecule has 4 heteroatoms. The number of benzodiazepines with no additional fused rings is 1. The molecule has 0 spiro atoms. The van der Waals surface area contributed by atoms with Gasteiger partial charge in [-0.25, -0.2) is 0 Å². The third-order valence-electron chi connectivity index (χ3n) is 4.26. The highest BCUT2D eigenvalue weighted by atomic mass is 35.5. The second-order valence-electron chi connectivity index (χ2n) is 5.85. The van der Waals surface area contributed by atoms with Crippen molar-refractivity contribution in [3.8, 4) is 0 Å². The van der Waals surface area contributed by atoms with Gasteiger partial charge in [0.05, 0.1) is 11.4 Å². The lowest BCUT2D eigenvalue weighted by Gasteiger charge is -2.17. The number of hydrogen-bond donors (Lipinski definition) is 1. The second-order valence-corrected chi connectivity index (χ2v) is 6.29. The van der Waals surface area contributed by atoms with Gasteiger partial charge in [0.25, 0.3) is 0 Å². The van der Waals surface area contributed by atoms with Gasteiger partial charge in [0.15, 0.2) is 0 Å². The van der Waals surface area contributed by atoms with Gasteiger partial charge in [-0.15, -0.1) is 0 Å². The molecule has 0 saturated carbocycles. The first-order valence-corrected chi connectivity index (χ1v) is 8.22. The highest BCUT2D eigenvalue weighted by Gasteiger charge is 2.29. The third-order valence-corrected chi connectivity index (χ3v) is 4.50. The van der Waals surface area contributed by atoms with Crippen LogP contribution >= 0.6 is 11.6 Å². The fourth-order valence-corrected chi connectivity index (χ4v) is 2.91. The standard InChI is InChI=1S/C19H19ClN2O/c1-3-12(2)17-19(23)21-16-11-14(20)9-10-15(16)18(22-17)13-7-5-4-6-8-13/h4-12,17H,3H2,1-2H3,(H,21,23)/t12-,17-/m0/s1. The van der Waals surface area contributed by atoms with E-state index >= 15 is 0 Å². The van der Waals surface area contributed by atoms with E-state index in [1.807, 2.05) is 42.5 Å². The summed E-state index contributed by atoms with van der Waals surface area (Å²) in [6.45, 7) is 4.13. The molecule has 1 N–H and O–H groups in total. The van der Waals surface area contributed by atoms with Crippen LogP contribution in [0.4, 0.5) is 5.69 Å². The SMILES string of the molecule is CC[C@H](C)[C@@H]1N=C(c2ccccc2)c2ccc(Cl)cc2NC1=O. The topological polar surface area (TPSA) is 41.5 Å². The Morgan fingerprint density at radius 2 is 1.96 bits per heavy atom. The molecule has 0 radical (unpaired) electrons. The molecule has 3 nitrogen and oxygen atoms in total. The van der Waals surface area contributed by atoms with Crippen LogP contribution in [0.3, 0.4) is 0 Å². The maximum absolute atomic E-state index is 12.6. The number of hydrogen-bond acceptors (Lipinski definition) is 2. The number of benzene rings is 2. The van der Waals surface area contributed by atoms with Crippen molar-refractivity contribution in [2.45, 2.75) is 26.3 Å². The average Bonchev–Trinajstić information content (AvgIpc) is 2.70. The van der Waals surface area contributed by atoms with Crippen molar-refractivity contribution in [2.75, 3.05) is 5.32 Å². The summed E-state index contributed by atoms with van der Waals surface area (Å²) in [7, 11) is 0. The number of carbonyl (C=O) groups excluding carboxylic acids is 1. The maximum atomic E-state index is 12.6. The minimum atomic E-state index is -0.401. The number of anilines is 1. The van der Waals surface area contributed by atoms with Crippen LogP contribution in [0.5, 0.6) is 0 Å². The fourth-order valence-electron chi connectivity index (χ4n) is 2.74. The van der Waals surface area contributed by atoms with Gasteiger partial charge in [0, 0.05) is 16.1 Å². The van der Waals surface area contributed by atoms with Crippen LogP contribution in [0.2, 0.25) is 5.02 Å². The summed E-state index contributed by atoms with van der Waals surface area (Å²) in [5.74, 6) is 0.0901. The monoisotopic (exact) mass is 326 g/mol. The van der Waals surface area contributed by atoms with Crippen LogP contribution in [0, 0.1) is 5.92 Å². The Bertz CT molecular complexity index is 755. The molecular formula is C19H19ClN2O. The molecule has 0 unspecified atom stereocenters. The summed E-state index contributed by atoms with van der Waals surface area (Å²) in [5.41, 5.74) is 3.46. The normalized spacial score (nSPS) is 18.5. The number of nitrogens with zero attached hydrogens (tertiary/aromatic N) is 1. The number of nitrogens with one attached hydrogen (secondary N) is 1. The van der Waals surface area contributed by atoms with Crippen LogP contribution in [-0.2, 0) is 4.79 Å². The lowest BCUT2D eigenvalue weighted by atomic mass is 9.98. The van der Waals surface area contributed by atoms with Crippen LogP contribution in [0.25, 0.3) is 0 Å². The first-order valence-electron chi connectivity index (χ1n) is 7.84. The molecule has 118 valence electrons. The number of halogens is 1. The summed E-state index contributed by atoms with van der Waals surface area (Å²) in [6, 6.07) is 15.1. The van der Waals surface area contributed by atoms with Crippen molar-refractivity contribution >= 4 is 28.9 Å². The van der Waals surface area contributed by atoms with Crippen molar-refractivity contribution in [3.63, 3.8) is 0 Å². The molecule has 0 saturated heterocycles. The van der Waals surface area contributed by atoms with E-state index < -0.39 is 6.04 Å². The molecule has 2 atom stereocenters. The molecule has 0 aromatic heterocycles. The Morgan fingerprint density at radius 3 is 2.65 bits per heavy atom. The first kappa shape index (κ1) is 15.8. The highest BCUT2D eigenvalue weighted by Crippen LogP contribution is 2.29. The quantitative estimate of drug-likeness (QED) is 0.883. The lowest BCUT2D eigenvalue weighted by molar-refractivity contribution is -0.118. The molecule has 2 aromatic rings. The molecule has 0 bridgehead atoms. The largest absolute Gasteiger partial charge is 0.324 e. The van der Waals surface area contributed by atoms with E-state index in [1.165, 1.54) is 0 Å².